The third-order valence-corrected chi connectivity index (χ3v) is 4.48. The van der Waals surface area contributed by atoms with E-state index in [1.165, 1.54) is 10.7 Å². The van der Waals surface area contributed by atoms with Crippen LogP contribution in [0.3, 0.4) is 0 Å². The molecule has 0 unspecified atom stereocenters. The molecule has 0 atom stereocenters. The number of likely N-dealkylation sites (tertiary alicyclic amines) is 1. The SMILES string of the molecule is CC(C)(C)c1csc(CN2CCC(CO)CC2)n1. The van der Waals surface area contributed by atoms with E-state index >= 15 is 0 Å². The summed E-state index contributed by atoms with van der Waals surface area (Å²) in [6, 6.07) is 0. The fraction of sp³-hybridized carbons (Fsp3) is 0.786. The molecular formula is C14H24N2OS. The maximum absolute atomic E-state index is 9.13. The van der Waals surface area contributed by atoms with Crippen LogP contribution < -0.4 is 0 Å². The minimum atomic E-state index is 0.151. The van der Waals surface area contributed by atoms with Crippen molar-refractivity contribution in [3.05, 3.63) is 16.1 Å². The molecule has 3 nitrogen and oxygen atoms in total. The molecule has 1 aromatic rings. The highest BCUT2D eigenvalue weighted by molar-refractivity contribution is 7.09. The molecule has 0 radical (unpaired) electrons. The minimum absolute atomic E-state index is 0.151. The van der Waals surface area contributed by atoms with E-state index in [1.54, 1.807) is 11.3 Å². The van der Waals surface area contributed by atoms with Crippen molar-refractivity contribution in [2.45, 2.75) is 45.6 Å². The van der Waals surface area contributed by atoms with Gasteiger partial charge in [-0.3, -0.25) is 4.90 Å². The van der Waals surface area contributed by atoms with Crippen molar-refractivity contribution in [2.75, 3.05) is 19.7 Å². The van der Waals surface area contributed by atoms with Crippen molar-refractivity contribution in [2.24, 2.45) is 5.92 Å². The lowest BCUT2D eigenvalue weighted by molar-refractivity contribution is 0.127. The van der Waals surface area contributed by atoms with Crippen molar-refractivity contribution in [3.63, 3.8) is 0 Å². The van der Waals surface area contributed by atoms with Crippen LogP contribution in [0, 0.1) is 5.92 Å². The fourth-order valence-electron chi connectivity index (χ4n) is 2.25. The molecule has 2 heterocycles. The van der Waals surface area contributed by atoms with E-state index in [-0.39, 0.29) is 5.41 Å². The molecule has 0 bridgehead atoms. The Kier molecular flexibility index (Phi) is 4.41. The molecule has 0 saturated carbocycles. The van der Waals surface area contributed by atoms with Crippen molar-refractivity contribution in [3.8, 4) is 0 Å². The predicted molar refractivity (Wildman–Crippen MR) is 75.9 cm³/mol. The third-order valence-electron chi connectivity index (χ3n) is 3.64. The average Bonchev–Trinajstić information content (AvgIpc) is 2.78. The van der Waals surface area contributed by atoms with Crippen LogP contribution in [-0.4, -0.2) is 34.7 Å². The zero-order valence-electron chi connectivity index (χ0n) is 11.6. The quantitative estimate of drug-likeness (QED) is 0.915. The van der Waals surface area contributed by atoms with E-state index < -0.39 is 0 Å². The normalized spacial score (nSPS) is 19.3. The molecule has 1 fully saturated rings. The topological polar surface area (TPSA) is 36.4 Å². The summed E-state index contributed by atoms with van der Waals surface area (Å²) in [4.78, 5) is 7.20. The average molecular weight is 268 g/mol. The number of thiazole rings is 1. The second-order valence-electron chi connectivity index (χ2n) is 6.28. The highest BCUT2D eigenvalue weighted by Gasteiger charge is 2.21. The molecule has 0 amide bonds. The summed E-state index contributed by atoms with van der Waals surface area (Å²) >= 11 is 1.77. The monoisotopic (exact) mass is 268 g/mol. The number of hydrogen-bond donors (Lipinski definition) is 1. The fourth-order valence-corrected chi connectivity index (χ4v) is 3.31. The molecule has 1 aromatic heterocycles. The van der Waals surface area contributed by atoms with E-state index in [2.05, 4.69) is 31.1 Å². The Morgan fingerprint density at radius 3 is 2.56 bits per heavy atom. The van der Waals surface area contributed by atoms with Crippen LogP contribution in [0.5, 0.6) is 0 Å². The minimum Gasteiger partial charge on any atom is -0.396 e. The second-order valence-corrected chi connectivity index (χ2v) is 7.22. The van der Waals surface area contributed by atoms with Gasteiger partial charge in [-0.25, -0.2) is 4.98 Å². The molecule has 1 aliphatic heterocycles. The first-order valence-electron chi connectivity index (χ1n) is 6.77. The third kappa shape index (κ3) is 3.53. The molecule has 1 aliphatic rings. The molecule has 0 aliphatic carbocycles. The lowest BCUT2D eigenvalue weighted by Gasteiger charge is -2.30. The van der Waals surface area contributed by atoms with E-state index in [0.717, 1.165) is 32.5 Å². The van der Waals surface area contributed by atoms with E-state index in [9.17, 15) is 0 Å². The van der Waals surface area contributed by atoms with Crippen LogP contribution in [0.25, 0.3) is 0 Å². The smallest absolute Gasteiger partial charge is 0.107 e. The van der Waals surface area contributed by atoms with Gasteiger partial charge in [0, 0.05) is 17.4 Å². The Labute approximate surface area is 114 Å². The van der Waals surface area contributed by atoms with Gasteiger partial charge in [-0.15, -0.1) is 11.3 Å². The van der Waals surface area contributed by atoms with Gasteiger partial charge in [0.05, 0.1) is 12.2 Å². The van der Waals surface area contributed by atoms with Gasteiger partial charge < -0.3 is 5.11 Å². The Hall–Kier alpha value is -0.450. The predicted octanol–water partition coefficient (Wildman–Crippen LogP) is 2.64. The summed E-state index contributed by atoms with van der Waals surface area (Å²) in [6.07, 6.45) is 2.24. The lowest BCUT2D eigenvalue weighted by Crippen LogP contribution is -2.34. The van der Waals surface area contributed by atoms with Gasteiger partial charge in [0.1, 0.15) is 5.01 Å². The van der Waals surface area contributed by atoms with Crippen LogP contribution in [0.1, 0.15) is 44.3 Å². The van der Waals surface area contributed by atoms with Crippen LogP contribution >= 0.6 is 11.3 Å². The van der Waals surface area contributed by atoms with Gasteiger partial charge in [0.15, 0.2) is 0 Å². The van der Waals surface area contributed by atoms with Crippen molar-refractivity contribution >= 4 is 11.3 Å². The van der Waals surface area contributed by atoms with E-state index in [4.69, 9.17) is 10.1 Å². The molecule has 0 spiro atoms. The van der Waals surface area contributed by atoms with Gasteiger partial charge in [0.2, 0.25) is 0 Å². The maximum Gasteiger partial charge on any atom is 0.107 e. The Morgan fingerprint density at radius 1 is 1.39 bits per heavy atom. The van der Waals surface area contributed by atoms with Crippen LogP contribution in [0.2, 0.25) is 0 Å². The summed E-state index contributed by atoms with van der Waals surface area (Å²) in [5.41, 5.74) is 1.35. The van der Waals surface area contributed by atoms with Crippen LogP contribution in [0.4, 0.5) is 0 Å². The number of rotatable bonds is 3. The van der Waals surface area contributed by atoms with Crippen molar-refractivity contribution < 1.29 is 5.11 Å². The molecular weight excluding hydrogens is 244 g/mol. The van der Waals surface area contributed by atoms with Gasteiger partial charge in [-0.1, -0.05) is 20.8 Å². The highest BCUT2D eigenvalue weighted by Crippen LogP contribution is 2.25. The number of hydrogen-bond acceptors (Lipinski definition) is 4. The zero-order chi connectivity index (χ0) is 13.2. The summed E-state index contributed by atoms with van der Waals surface area (Å²) in [6.45, 7) is 10.1. The number of aromatic nitrogens is 1. The molecule has 4 heteroatoms. The first-order valence-corrected chi connectivity index (χ1v) is 7.65. The summed E-state index contributed by atoms with van der Waals surface area (Å²) in [7, 11) is 0. The zero-order valence-corrected chi connectivity index (χ0v) is 12.5. The number of nitrogens with zero attached hydrogens (tertiary/aromatic N) is 2. The standard InChI is InChI=1S/C14H24N2OS/c1-14(2,3)12-10-18-13(15-12)8-16-6-4-11(9-17)5-7-16/h10-11,17H,4-9H2,1-3H3. The molecule has 2 rings (SSSR count). The lowest BCUT2D eigenvalue weighted by atomic mass is 9.93. The summed E-state index contributed by atoms with van der Waals surface area (Å²) in [5, 5.41) is 12.5. The molecule has 0 aromatic carbocycles. The van der Waals surface area contributed by atoms with Crippen molar-refractivity contribution in [1.29, 1.82) is 0 Å². The van der Waals surface area contributed by atoms with Crippen LogP contribution in [0.15, 0.2) is 5.38 Å². The highest BCUT2D eigenvalue weighted by atomic mass is 32.1. The number of piperidine rings is 1. The summed E-state index contributed by atoms with van der Waals surface area (Å²) in [5.74, 6) is 0.516. The van der Waals surface area contributed by atoms with E-state index in [1.807, 2.05) is 0 Å². The van der Waals surface area contributed by atoms with Gasteiger partial charge in [-0.2, -0.15) is 0 Å². The Morgan fingerprint density at radius 2 is 2.06 bits per heavy atom. The largest absolute Gasteiger partial charge is 0.396 e. The first kappa shape index (κ1) is 14.0. The molecule has 1 N–H and O–H groups in total. The molecule has 102 valence electrons. The number of aliphatic hydroxyl groups is 1. The van der Waals surface area contributed by atoms with Gasteiger partial charge in [-0.05, 0) is 31.8 Å². The van der Waals surface area contributed by atoms with Crippen molar-refractivity contribution in [1.82, 2.24) is 9.88 Å². The summed E-state index contributed by atoms with van der Waals surface area (Å²) < 4.78 is 0. The molecule has 1 saturated heterocycles. The Balaban J connectivity index is 1.89. The maximum atomic E-state index is 9.13. The first-order chi connectivity index (χ1) is 8.49. The molecule has 18 heavy (non-hydrogen) atoms. The Bertz CT molecular complexity index is 375. The number of aliphatic hydroxyl groups excluding tert-OH is 1. The van der Waals surface area contributed by atoms with Crippen LogP contribution in [-0.2, 0) is 12.0 Å². The van der Waals surface area contributed by atoms with E-state index in [0.29, 0.717) is 12.5 Å². The second kappa shape index (κ2) is 5.68. The van der Waals surface area contributed by atoms with Gasteiger partial charge in [0.25, 0.3) is 0 Å². The van der Waals surface area contributed by atoms with Gasteiger partial charge >= 0.3 is 0 Å².